The van der Waals surface area contributed by atoms with E-state index in [4.69, 9.17) is 14.2 Å². The Morgan fingerprint density at radius 2 is 1.83 bits per heavy atom. The standard InChI is InChI=1S/C19H31NO4/c1-6-8-24-14-17(21)13-20(15(3)7-2)12-16-9-18(22-4)11-19(10-16)23-5/h6,9-11,15,17,21H,1,7-8,12-14H2,2-5H3. The molecular formula is C19H31NO4. The number of ether oxygens (including phenoxy) is 3. The van der Waals surface area contributed by atoms with E-state index in [1.807, 2.05) is 18.2 Å². The summed E-state index contributed by atoms with van der Waals surface area (Å²) < 4.78 is 16.0. The second-order valence-electron chi connectivity index (χ2n) is 5.89. The first-order chi connectivity index (χ1) is 11.5. The maximum absolute atomic E-state index is 10.2. The van der Waals surface area contributed by atoms with Gasteiger partial charge in [0.25, 0.3) is 0 Å². The fourth-order valence-corrected chi connectivity index (χ4v) is 2.46. The first-order valence-electron chi connectivity index (χ1n) is 8.36. The average Bonchev–Trinajstić information content (AvgIpc) is 2.60. The van der Waals surface area contributed by atoms with Gasteiger partial charge in [0.05, 0.1) is 33.5 Å². The van der Waals surface area contributed by atoms with Crippen molar-refractivity contribution in [3.05, 3.63) is 36.4 Å². The van der Waals surface area contributed by atoms with Crippen LogP contribution in [0.15, 0.2) is 30.9 Å². The van der Waals surface area contributed by atoms with E-state index in [0.717, 1.165) is 23.5 Å². The van der Waals surface area contributed by atoms with Crippen molar-refractivity contribution in [1.82, 2.24) is 4.90 Å². The van der Waals surface area contributed by atoms with Gasteiger partial charge >= 0.3 is 0 Å². The number of benzene rings is 1. The minimum atomic E-state index is -0.536. The predicted octanol–water partition coefficient (Wildman–Crippen LogP) is 2.87. The number of aliphatic hydroxyl groups is 1. The van der Waals surface area contributed by atoms with Crippen LogP contribution in [-0.4, -0.2) is 56.1 Å². The predicted molar refractivity (Wildman–Crippen MR) is 96.7 cm³/mol. The van der Waals surface area contributed by atoms with Gasteiger partial charge in [-0.25, -0.2) is 0 Å². The lowest BCUT2D eigenvalue weighted by atomic mass is 10.1. The molecule has 0 fully saturated rings. The molecule has 136 valence electrons. The molecule has 5 nitrogen and oxygen atoms in total. The minimum absolute atomic E-state index is 0.306. The Morgan fingerprint density at radius 1 is 1.21 bits per heavy atom. The van der Waals surface area contributed by atoms with E-state index >= 15 is 0 Å². The van der Waals surface area contributed by atoms with Crippen LogP contribution in [0.25, 0.3) is 0 Å². The highest BCUT2D eigenvalue weighted by Crippen LogP contribution is 2.24. The van der Waals surface area contributed by atoms with E-state index in [1.54, 1.807) is 20.3 Å². The van der Waals surface area contributed by atoms with Gasteiger partial charge in [-0.3, -0.25) is 4.90 Å². The highest BCUT2D eigenvalue weighted by atomic mass is 16.5. The third-order valence-electron chi connectivity index (χ3n) is 4.00. The fourth-order valence-electron chi connectivity index (χ4n) is 2.46. The lowest BCUT2D eigenvalue weighted by Gasteiger charge is -2.30. The van der Waals surface area contributed by atoms with Crippen LogP contribution in [-0.2, 0) is 11.3 Å². The average molecular weight is 337 g/mol. The first kappa shape index (κ1) is 20.5. The molecule has 1 rings (SSSR count). The van der Waals surface area contributed by atoms with Crippen molar-refractivity contribution >= 4 is 0 Å². The Kier molecular flexibility index (Phi) is 9.45. The monoisotopic (exact) mass is 337 g/mol. The molecule has 1 aromatic carbocycles. The van der Waals surface area contributed by atoms with Gasteiger partial charge < -0.3 is 19.3 Å². The van der Waals surface area contributed by atoms with Gasteiger partial charge in [0.1, 0.15) is 11.5 Å². The molecule has 24 heavy (non-hydrogen) atoms. The van der Waals surface area contributed by atoms with Crippen molar-refractivity contribution < 1.29 is 19.3 Å². The van der Waals surface area contributed by atoms with Crippen molar-refractivity contribution in [2.24, 2.45) is 0 Å². The van der Waals surface area contributed by atoms with Crippen LogP contribution in [0.2, 0.25) is 0 Å². The van der Waals surface area contributed by atoms with Gasteiger partial charge in [-0.1, -0.05) is 13.0 Å². The number of aliphatic hydroxyl groups excluding tert-OH is 1. The molecule has 1 N–H and O–H groups in total. The second-order valence-corrected chi connectivity index (χ2v) is 5.89. The second kappa shape index (κ2) is 11.1. The molecule has 5 heteroatoms. The molecule has 0 radical (unpaired) electrons. The summed E-state index contributed by atoms with van der Waals surface area (Å²) in [7, 11) is 3.29. The number of hydrogen-bond acceptors (Lipinski definition) is 5. The Morgan fingerprint density at radius 3 is 2.33 bits per heavy atom. The van der Waals surface area contributed by atoms with Gasteiger partial charge in [0, 0.05) is 25.2 Å². The zero-order chi connectivity index (χ0) is 17.9. The van der Waals surface area contributed by atoms with Gasteiger partial charge in [-0.2, -0.15) is 0 Å². The Hall–Kier alpha value is -1.56. The minimum Gasteiger partial charge on any atom is -0.497 e. The van der Waals surface area contributed by atoms with E-state index in [0.29, 0.717) is 32.3 Å². The van der Waals surface area contributed by atoms with Crippen LogP contribution in [0, 0.1) is 0 Å². The normalized spacial score (nSPS) is 13.6. The van der Waals surface area contributed by atoms with Crippen molar-refractivity contribution in [3.8, 4) is 11.5 Å². The number of nitrogens with zero attached hydrogens (tertiary/aromatic N) is 1. The largest absolute Gasteiger partial charge is 0.497 e. The molecule has 0 amide bonds. The van der Waals surface area contributed by atoms with Crippen LogP contribution in [0.4, 0.5) is 0 Å². The zero-order valence-electron chi connectivity index (χ0n) is 15.3. The summed E-state index contributed by atoms with van der Waals surface area (Å²) in [5.41, 5.74) is 1.09. The van der Waals surface area contributed by atoms with E-state index < -0.39 is 6.10 Å². The van der Waals surface area contributed by atoms with E-state index in [2.05, 4.69) is 25.3 Å². The zero-order valence-corrected chi connectivity index (χ0v) is 15.3. The van der Waals surface area contributed by atoms with Gasteiger partial charge in [0.15, 0.2) is 0 Å². The SMILES string of the molecule is C=CCOCC(O)CN(Cc1cc(OC)cc(OC)c1)C(C)CC. The van der Waals surface area contributed by atoms with Crippen molar-refractivity contribution in [3.63, 3.8) is 0 Å². The molecule has 0 aliphatic carbocycles. The third-order valence-corrected chi connectivity index (χ3v) is 4.00. The summed E-state index contributed by atoms with van der Waals surface area (Å²) in [6.45, 7) is 9.93. The van der Waals surface area contributed by atoms with E-state index in [9.17, 15) is 5.11 Å². The topological polar surface area (TPSA) is 51.2 Å². The van der Waals surface area contributed by atoms with Crippen molar-refractivity contribution in [2.45, 2.75) is 39.0 Å². The molecule has 2 unspecified atom stereocenters. The van der Waals surface area contributed by atoms with Crippen molar-refractivity contribution in [2.75, 3.05) is 34.0 Å². The highest BCUT2D eigenvalue weighted by molar-refractivity contribution is 5.38. The number of hydrogen-bond donors (Lipinski definition) is 1. The van der Waals surface area contributed by atoms with E-state index in [1.165, 1.54) is 0 Å². The molecular weight excluding hydrogens is 306 g/mol. The summed E-state index contributed by atoms with van der Waals surface area (Å²) in [6.07, 6.45) is 2.15. The van der Waals surface area contributed by atoms with Crippen molar-refractivity contribution in [1.29, 1.82) is 0 Å². The molecule has 0 aromatic heterocycles. The Labute approximate surface area is 145 Å². The maximum Gasteiger partial charge on any atom is 0.122 e. The molecule has 1 aromatic rings. The molecule has 0 spiro atoms. The smallest absolute Gasteiger partial charge is 0.122 e. The summed E-state index contributed by atoms with van der Waals surface area (Å²) in [5, 5.41) is 10.2. The van der Waals surface area contributed by atoms with Crippen LogP contribution in [0.1, 0.15) is 25.8 Å². The fraction of sp³-hybridized carbons (Fsp3) is 0.579. The number of methoxy groups -OCH3 is 2. The van der Waals surface area contributed by atoms with Crippen LogP contribution < -0.4 is 9.47 Å². The highest BCUT2D eigenvalue weighted by Gasteiger charge is 2.18. The summed E-state index contributed by atoms with van der Waals surface area (Å²) in [4.78, 5) is 2.25. The molecule has 0 heterocycles. The van der Waals surface area contributed by atoms with Gasteiger partial charge in [-0.15, -0.1) is 6.58 Å². The molecule has 2 atom stereocenters. The molecule has 0 bridgehead atoms. The molecule has 0 aliphatic heterocycles. The molecule has 0 aliphatic rings. The van der Waals surface area contributed by atoms with Crippen LogP contribution in [0.5, 0.6) is 11.5 Å². The van der Waals surface area contributed by atoms with Crippen LogP contribution in [0.3, 0.4) is 0 Å². The van der Waals surface area contributed by atoms with Gasteiger partial charge in [-0.05, 0) is 31.0 Å². The molecule has 0 saturated carbocycles. The summed E-state index contributed by atoms with van der Waals surface area (Å²) >= 11 is 0. The number of rotatable bonds is 12. The van der Waals surface area contributed by atoms with Gasteiger partial charge in [0.2, 0.25) is 0 Å². The first-order valence-corrected chi connectivity index (χ1v) is 8.36. The lowest BCUT2D eigenvalue weighted by molar-refractivity contribution is 0.0157. The molecule has 0 saturated heterocycles. The third kappa shape index (κ3) is 6.91. The van der Waals surface area contributed by atoms with Crippen LogP contribution >= 0.6 is 0 Å². The summed E-state index contributed by atoms with van der Waals surface area (Å²) in [6, 6.07) is 6.20. The lowest BCUT2D eigenvalue weighted by Crippen LogP contribution is -2.40. The summed E-state index contributed by atoms with van der Waals surface area (Å²) in [5.74, 6) is 1.53. The Bertz CT molecular complexity index is 470. The maximum atomic E-state index is 10.2. The van der Waals surface area contributed by atoms with E-state index in [-0.39, 0.29) is 0 Å². The Balaban J connectivity index is 2.80. The quantitative estimate of drug-likeness (QED) is 0.469.